The molecule has 116 valence electrons. The monoisotopic (exact) mass is 301 g/mol. The highest BCUT2D eigenvalue weighted by atomic mass is 19.1. The van der Waals surface area contributed by atoms with Gasteiger partial charge in [-0.2, -0.15) is 5.26 Å². The zero-order chi connectivity index (χ0) is 15.5. The summed E-state index contributed by atoms with van der Waals surface area (Å²) in [6.45, 7) is 0. The molecule has 4 nitrogen and oxygen atoms in total. The normalized spacial score (nSPS) is 24.4. The number of hydrogen-bond donors (Lipinski definition) is 2. The molecule has 2 aliphatic carbocycles. The first-order chi connectivity index (χ1) is 10.7. The van der Waals surface area contributed by atoms with Crippen molar-refractivity contribution in [3.05, 3.63) is 29.6 Å². The van der Waals surface area contributed by atoms with E-state index in [0.717, 1.165) is 38.5 Å². The van der Waals surface area contributed by atoms with Gasteiger partial charge in [0.05, 0.1) is 11.3 Å². The molecule has 0 unspecified atom stereocenters. The lowest BCUT2D eigenvalue weighted by molar-refractivity contribution is -0.126. The zero-order valence-corrected chi connectivity index (χ0v) is 12.4. The van der Waals surface area contributed by atoms with Crippen LogP contribution in [0.5, 0.6) is 0 Å². The maximum absolute atomic E-state index is 13.2. The lowest BCUT2D eigenvalue weighted by Crippen LogP contribution is -2.38. The van der Waals surface area contributed by atoms with Crippen molar-refractivity contribution in [3.63, 3.8) is 0 Å². The van der Waals surface area contributed by atoms with Crippen molar-refractivity contribution in [1.82, 2.24) is 5.32 Å². The molecule has 0 spiro atoms. The first-order valence-electron chi connectivity index (χ1n) is 7.92. The smallest absolute Gasteiger partial charge is 0.223 e. The van der Waals surface area contributed by atoms with E-state index < -0.39 is 5.82 Å². The molecular formula is C17H20FN3O. The first kappa shape index (κ1) is 14.8. The highest BCUT2D eigenvalue weighted by molar-refractivity contribution is 5.79. The summed E-state index contributed by atoms with van der Waals surface area (Å²) in [6.07, 6.45) is 5.84. The van der Waals surface area contributed by atoms with Gasteiger partial charge in [0.1, 0.15) is 11.9 Å². The fourth-order valence-electron chi connectivity index (χ4n) is 3.06. The Balaban J connectivity index is 1.62. The SMILES string of the molecule is N#Cc1cc(F)ccc1N[C@@H]1CCC[C@H](C(=O)NC2CC2)C1. The van der Waals surface area contributed by atoms with E-state index in [4.69, 9.17) is 5.26 Å². The summed E-state index contributed by atoms with van der Waals surface area (Å²) >= 11 is 0. The molecule has 0 aromatic heterocycles. The van der Waals surface area contributed by atoms with E-state index in [1.807, 2.05) is 6.07 Å². The Hall–Kier alpha value is -2.09. The number of nitrogens with zero attached hydrogens (tertiary/aromatic N) is 1. The Bertz CT molecular complexity index is 606. The summed E-state index contributed by atoms with van der Waals surface area (Å²) < 4.78 is 13.2. The average molecular weight is 301 g/mol. The Labute approximate surface area is 129 Å². The molecular weight excluding hydrogens is 281 g/mol. The molecule has 1 aromatic rings. The van der Waals surface area contributed by atoms with Gasteiger partial charge in [-0.1, -0.05) is 6.42 Å². The molecule has 2 saturated carbocycles. The summed E-state index contributed by atoms with van der Waals surface area (Å²) in [4.78, 5) is 12.2. The van der Waals surface area contributed by atoms with Gasteiger partial charge in [0.15, 0.2) is 0 Å². The van der Waals surface area contributed by atoms with Crippen LogP contribution < -0.4 is 10.6 Å². The molecule has 1 aromatic carbocycles. The van der Waals surface area contributed by atoms with Crippen LogP contribution in [0.3, 0.4) is 0 Å². The number of halogens is 1. The highest BCUT2D eigenvalue weighted by Crippen LogP contribution is 2.29. The second-order valence-corrected chi connectivity index (χ2v) is 6.29. The average Bonchev–Trinajstić information content (AvgIpc) is 3.33. The van der Waals surface area contributed by atoms with Crippen LogP contribution in [0.4, 0.5) is 10.1 Å². The van der Waals surface area contributed by atoms with Gasteiger partial charge in [0, 0.05) is 18.0 Å². The summed E-state index contributed by atoms with van der Waals surface area (Å²) in [7, 11) is 0. The minimum absolute atomic E-state index is 0.0397. The summed E-state index contributed by atoms with van der Waals surface area (Å²) in [5.41, 5.74) is 0.960. The maximum atomic E-state index is 13.2. The van der Waals surface area contributed by atoms with E-state index in [0.29, 0.717) is 17.3 Å². The summed E-state index contributed by atoms with van der Waals surface area (Å²) in [5, 5.41) is 15.5. The highest BCUT2D eigenvalue weighted by Gasteiger charge is 2.31. The van der Waals surface area contributed by atoms with Crippen molar-refractivity contribution < 1.29 is 9.18 Å². The van der Waals surface area contributed by atoms with E-state index in [1.165, 1.54) is 12.1 Å². The Morgan fingerprint density at radius 3 is 2.77 bits per heavy atom. The van der Waals surface area contributed by atoms with Crippen LogP contribution in [0.15, 0.2) is 18.2 Å². The second-order valence-electron chi connectivity index (χ2n) is 6.29. The second kappa shape index (κ2) is 6.35. The number of nitriles is 1. The molecule has 0 radical (unpaired) electrons. The molecule has 0 saturated heterocycles. The molecule has 2 aliphatic rings. The van der Waals surface area contributed by atoms with E-state index in [-0.39, 0.29) is 17.9 Å². The number of carbonyl (C=O) groups excluding carboxylic acids is 1. The van der Waals surface area contributed by atoms with Gasteiger partial charge in [-0.15, -0.1) is 0 Å². The molecule has 2 N–H and O–H groups in total. The predicted octanol–water partition coefficient (Wildman–Crippen LogP) is 2.95. The van der Waals surface area contributed by atoms with Crippen LogP contribution in [0, 0.1) is 23.1 Å². The van der Waals surface area contributed by atoms with Gasteiger partial charge in [0.2, 0.25) is 5.91 Å². The number of nitrogens with one attached hydrogen (secondary N) is 2. The predicted molar refractivity (Wildman–Crippen MR) is 81.6 cm³/mol. The third kappa shape index (κ3) is 3.56. The van der Waals surface area contributed by atoms with Crippen LogP contribution >= 0.6 is 0 Å². The standard InChI is InChI=1S/C17H20FN3O/c18-13-4-7-16(12(8-13)10-19)20-15-3-1-2-11(9-15)17(22)21-14-5-6-14/h4,7-8,11,14-15,20H,1-3,5-6,9H2,(H,21,22)/t11-,15+/m0/s1. The van der Waals surface area contributed by atoms with Crippen molar-refractivity contribution in [2.75, 3.05) is 5.32 Å². The Kier molecular flexibility index (Phi) is 4.28. The first-order valence-corrected chi connectivity index (χ1v) is 7.92. The van der Waals surface area contributed by atoms with Gasteiger partial charge >= 0.3 is 0 Å². The van der Waals surface area contributed by atoms with Gasteiger partial charge in [-0.3, -0.25) is 4.79 Å². The van der Waals surface area contributed by atoms with Crippen LogP contribution in [-0.2, 0) is 4.79 Å². The van der Waals surface area contributed by atoms with E-state index in [2.05, 4.69) is 10.6 Å². The van der Waals surface area contributed by atoms with Crippen LogP contribution in [-0.4, -0.2) is 18.0 Å². The summed E-state index contributed by atoms with van der Waals surface area (Å²) in [5.74, 6) is -0.209. The minimum atomic E-state index is -0.410. The molecule has 0 bridgehead atoms. The molecule has 5 heteroatoms. The summed E-state index contributed by atoms with van der Waals surface area (Å²) in [6, 6.07) is 6.75. The zero-order valence-electron chi connectivity index (χ0n) is 12.4. The molecule has 2 atom stereocenters. The Morgan fingerprint density at radius 2 is 2.05 bits per heavy atom. The van der Waals surface area contributed by atoms with Gasteiger partial charge in [0.25, 0.3) is 0 Å². The number of carbonyl (C=O) groups is 1. The van der Waals surface area contributed by atoms with Gasteiger partial charge in [-0.25, -0.2) is 4.39 Å². The van der Waals surface area contributed by atoms with Crippen molar-refractivity contribution >= 4 is 11.6 Å². The van der Waals surface area contributed by atoms with E-state index >= 15 is 0 Å². The number of amides is 1. The molecule has 1 amide bonds. The van der Waals surface area contributed by atoms with Crippen molar-refractivity contribution in [2.45, 2.75) is 50.6 Å². The van der Waals surface area contributed by atoms with Crippen LogP contribution in [0.1, 0.15) is 44.1 Å². The molecule has 3 rings (SSSR count). The van der Waals surface area contributed by atoms with Gasteiger partial charge < -0.3 is 10.6 Å². The van der Waals surface area contributed by atoms with Crippen molar-refractivity contribution in [2.24, 2.45) is 5.92 Å². The fourth-order valence-corrected chi connectivity index (χ4v) is 3.06. The fraction of sp³-hybridized carbons (Fsp3) is 0.529. The van der Waals surface area contributed by atoms with Crippen molar-refractivity contribution in [3.8, 4) is 6.07 Å². The van der Waals surface area contributed by atoms with Gasteiger partial charge in [-0.05, 0) is 50.3 Å². The van der Waals surface area contributed by atoms with Crippen LogP contribution in [0.2, 0.25) is 0 Å². The lowest BCUT2D eigenvalue weighted by atomic mass is 9.85. The van der Waals surface area contributed by atoms with Crippen molar-refractivity contribution in [1.29, 1.82) is 5.26 Å². The minimum Gasteiger partial charge on any atom is -0.381 e. The van der Waals surface area contributed by atoms with E-state index in [9.17, 15) is 9.18 Å². The largest absolute Gasteiger partial charge is 0.381 e. The van der Waals surface area contributed by atoms with E-state index in [1.54, 1.807) is 6.07 Å². The number of hydrogen-bond acceptors (Lipinski definition) is 3. The third-order valence-corrected chi connectivity index (χ3v) is 4.43. The Morgan fingerprint density at radius 1 is 1.23 bits per heavy atom. The molecule has 22 heavy (non-hydrogen) atoms. The topological polar surface area (TPSA) is 64.9 Å². The number of benzene rings is 1. The number of anilines is 1. The third-order valence-electron chi connectivity index (χ3n) is 4.43. The lowest BCUT2D eigenvalue weighted by Gasteiger charge is -2.30. The number of rotatable bonds is 4. The van der Waals surface area contributed by atoms with Crippen LogP contribution in [0.25, 0.3) is 0 Å². The molecule has 0 aliphatic heterocycles. The molecule has 0 heterocycles. The molecule has 2 fully saturated rings. The maximum Gasteiger partial charge on any atom is 0.223 e. The quantitative estimate of drug-likeness (QED) is 0.898.